The number of oxazole rings is 1. The van der Waals surface area contributed by atoms with Crippen molar-refractivity contribution in [3.8, 4) is 0 Å². The standard InChI is InChI=1S/C9H9N3O3/c10-5(4-7(13)14)9-12-8-6(15-9)2-1-3-11-8/h1-3,5H,4,10H2,(H,13,14). The van der Waals surface area contributed by atoms with Gasteiger partial charge in [-0.2, -0.15) is 4.98 Å². The summed E-state index contributed by atoms with van der Waals surface area (Å²) in [7, 11) is 0. The van der Waals surface area contributed by atoms with Gasteiger partial charge in [-0.25, -0.2) is 4.98 Å². The number of hydrogen-bond acceptors (Lipinski definition) is 5. The van der Waals surface area contributed by atoms with Gasteiger partial charge in [-0.15, -0.1) is 0 Å². The van der Waals surface area contributed by atoms with Gasteiger partial charge in [-0.3, -0.25) is 4.79 Å². The summed E-state index contributed by atoms with van der Waals surface area (Å²) in [6, 6.07) is 2.67. The van der Waals surface area contributed by atoms with Crippen molar-refractivity contribution in [3.63, 3.8) is 0 Å². The minimum Gasteiger partial charge on any atom is -0.481 e. The first-order valence-electron chi connectivity index (χ1n) is 4.35. The number of fused-ring (bicyclic) bond motifs is 1. The van der Waals surface area contributed by atoms with Crippen molar-refractivity contribution in [1.82, 2.24) is 9.97 Å². The smallest absolute Gasteiger partial charge is 0.305 e. The lowest BCUT2D eigenvalue weighted by Crippen LogP contribution is -2.15. The molecular formula is C9H9N3O3. The lowest BCUT2D eigenvalue weighted by atomic mass is 10.2. The number of aliphatic carboxylic acids is 1. The van der Waals surface area contributed by atoms with Crippen LogP contribution in [0, 0.1) is 0 Å². The third-order valence-electron chi connectivity index (χ3n) is 1.89. The van der Waals surface area contributed by atoms with Crippen molar-refractivity contribution in [2.24, 2.45) is 5.73 Å². The third-order valence-corrected chi connectivity index (χ3v) is 1.89. The van der Waals surface area contributed by atoms with E-state index in [1.165, 1.54) is 0 Å². The summed E-state index contributed by atoms with van der Waals surface area (Å²) >= 11 is 0. The van der Waals surface area contributed by atoms with Crippen LogP contribution >= 0.6 is 0 Å². The summed E-state index contributed by atoms with van der Waals surface area (Å²) < 4.78 is 5.27. The van der Waals surface area contributed by atoms with Crippen LogP contribution in [0.15, 0.2) is 22.7 Å². The lowest BCUT2D eigenvalue weighted by molar-refractivity contribution is -0.137. The molecule has 0 fully saturated rings. The summed E-state index contributed by atoms with van der Waals surface area (Å²) in [5, 5.41) is 8.56. The second kappa shape index (κ2) is 3.66. The van der Waals surface area contributed by atoms with Crippen molar-refractivity contribution in [1.29, 1.82) is 0 Å². The average molecular weight is 207 g/mol. The molecule has 0 saturated carbocycles. The first kappa shape index (κ1) is 9.60. The molecule has 6 heteroatoms. The second-order valence-electron chi connectivity index (χ2n) is 3.08. The van der Waals surface area contributed by atoms with E-state index in [0.29, 0.717) is 11.2 Å². The zero-order valence-electron chi connectivity index (χ0n) is 7.75. The van der Waals surface area contributed by atoms with E-state index in [9.17, 15) is 4.79 Å². The van der Waals surface area contributed by atoms with Crippen LogP contribution in [-0.4, -0.2) is 21.0 Å². The quantitative estimate of drug-likeness (QED) is 0.767. The van der Waals surface area contributed by atoms with Crippen molar-refractivity contribution in [2.75, 3.05) is 0 Å². The van der Waals surface area contributed by atoms with Gasteiger partial charge in [-0.1, -0.05) is 0 Å². The van der Waals surface area contributed by atoms with Gasteiger partial charge in [0.2, 0.25) is 5.89 Å². The van der Waals surface area contributed by atoms with Crippen LogP contribution in [0.2, 0.25) is 0 Å². The van der Waals surface area contributed by atoms with Crippen molar-refractivity contribution < 1.29 is 14.3 Å². The zero-order valence-corrected chi connectivity index (χ0v) is 7.75. The molecule has 2 rings (SSSR count). The molecule has 2 aromatic rings. The Labute approximate surface area is 84.7 Å². The van der Waals surface area contributed by atoms with E-state index >= 15 is 0 Å². The van der Waals surface area contributed by atoms with Crippen molar-refractivity contribution >= 4 is 17.2 Å². The fourth-order valence-corrected chi connectivity index (χ4v) is 1.22. The van der Waals surface area contributed by atoms with Gasteiger partial charge in [-0.05, 0) is 12.1 Å². The summed E-state index contributed by atoms with van der Waals surface area (Å²) in [6.07, 6.45) is 1.37. The van der Waals surface area contributed by atoms with Gasteiger partial charge < -0.3 is 15.3 Å². The molecule has 2 heterocycles. The number of nitrogens with two attached hydrogens (primary N) is 1. The third kappa shape index (κ3) is 1.94. The predicted octanol–water partition coefficient (Wildman–Crippen LogP) is 0.697. The van der Waals surface area contributed by atoms with E-state index in [1.807, 2.05) is 0 Å². The second-order valence-corrected chi connectivity index (χ2v) is 3.08. The van der Waals surface area contributed by atoms with Crippen LogP contribution < -0.4 is 5.73 Å². The molecule has 0 saturated heterocycles. The number of carboxylic acids is 1. The van der Waals surface area contributed by atoms with Gasteiger partial charge in [0.25, 0.3) is 0 Å². The van der Waals surface area contributed by atoms with Gasteiger partial charge in [0.05, 0.1) is 12.5 Å². The Balaban J connectivity index is 2.32. The van der Waals surface area contributed by atoms with Crippen LogP contribution in [0.4, 0.5) is 0 Å². The summed E-state index contributed by atoms with van der Waals surface area (Å²) in [4.78, 5) is 18.4. The Morgan fingerprint density at radius 2 is 2.47 bits per heavy atom. The Kier molecular flexibility index (Phi) is 2.34. The molecule has 0 aliphatic heterocycles. The molecule has 0 amide bonds. The highest BCUT2D eigenvalue weighted by Gasteiger charge is 2.17. The topological polar surface area (TPSA) is 102 Å². The molecule has 0 bridgehead atoms. The van der Waals surface area contributed by atoms with E-state index in [4.69, 9.17) is 15.3 Å². The van der Waals surface area contributed by atoms with E-state index in [0.717, 1.165) is 0 Å². The number of carbonyl (C=O) groups is 1. The molecule has 0 aromatic carbocycles. The van der Waals surface area contributed by atoms with Gasteiger partial charge in [0.1, 0.15) is 0 Å². The van der Waals surface area contributed by atoms with Gasteiger partial charge in [0.15, 0.2) is 11.2 Å². The molecule has 1 atom stereocenters. The Morgan fingerprint density at radius 1 is 1.67 bits per heavy atom. The first-order valence-corrected chi connectivity index (χ1v) is 4.35. The summed E-state index contributed by atoms with van der Waals surface area (Å²) in [5.41, 5.74) is 6.54. The highest BCUT2D eigenvalue weighted by Crippen LogP contribution is 2.18. The van der Waals surface area contributed by atoms with Crippen molar-refractivity contribution in [2.45, 2.75) is 12.5 Å². The van der Waals surface area contributed by atoms with E-state index in [1.54, 1.807) is 18.3 Å². The SMILES string of the molecule is NC(CC(=O)O)c1nc2ncccc2o1. The molecule has 2 aromatic heterocycles. The highest BCUT2D eigenvalue weighted by atomic mass is 16.4. The van der Waals surface area contributed by atoms with Gasteiger partial charge in [0, 0.05) is 6.20 Å². The Bertz CT molecular complexity index is 461. The fraction of sp³-hybridized carbons (Fsp3) is 0.222. The van der Waals surface area contributed by atoms with Gasteiger partial charge >= 0.3 is 5.97 Å². The Hall–Kier alpha value is -1.95. The van der Waals surface area contributed by atoms with Crippen LogP contribution in [0.5, 0.6) is 0 Å². The normalized spacial score (nSPS) is 12.9. The molecule has 78 valence electrons. The molecule has 0 radical (unpaired) electrons. The number of aromatic nitrogens is 2. The van der Waals surface area contributed by atoms with Crippen LogP contribution in [0.3, 0.4) is 0 Å². The van der Waals surface area contributed by atoms with Crippen LogP contribution in [-0.2, 0) is 4.79 Å². The van der Waals surface area contributed by atoms with E-state index in [-0.39, 0.29) is 12.3 Å². The maximum Gasteiger partial charge on any atom is 0.305 e. The summed E-state index contributed by atoms with van der Waals surface area (Å²) in [5.74, 6) is -0.788. The number of hydrogen-bond donors (Lipinski definition) is 2. The van der Waals surface area contributed by atoms with E-state index < -0.39 is 12.0 Å². The number of nitrogens with zero attached hydrogens (tertiary/aromatic N) is 2. The first-order chi connectivity index (χ1) is 7.16. The molecule has 0 aliphatic carbocycles. The molecule has 0 aliphatic rings. The fourth-order valence-electron chi connectivity index (χ4n) is 1.22. The zero-order chi connectivity index (χ0) is 10.8. The minimum absolute atomic E-state index is 0.200. The molecule has 6 nitrogen and oxygen atoms in total. The van der Waals surface area contributed by atoms with E-state index in [2.05, 4.69) is 9.97 Å². The lowest BCUT2D eigenvalue weighted by Gasteiger charge is -2.01. The maximum atomic E-state index is 10.4. The van der Waals surface area contributed by atoms with Crippen LogP contribution in [0.1, 0.15) is 18.4 Å². The number of carboxylic acid groups (broad SMARTS) is 1. The monoisotopic (exact) mass is 207 g/mol. The number of pyridine rings is 1. The highest BCUT2D eigenvalue weighted by molar-refractivity contribution is 5.69. The molecule has 3 N–H and O–H groups in total. The molecule has 15 heavy (non-hydrogen) atoms. The summed E-state index contributed by atoms with van der Waals surface area (Å²) in [6.45, 7) is 0. The molecule has 0 spiro atoms. The Morgan fingerprint density at radius 3 is 3.13 bits per heavy atom. The average Bonchev–Trinajstić information content (AvgIpc) is 2.59. The van der Waals surface area contributed by atoms with Crippen LogP contribution in [0.25, 0.3) is 11.2 Å². The number of rotatable bonds is 3. The molecular weight excluding hydrogens is 198 g/mol. The van der Waals surface area contributed by atoms with Crippen molar-refractivity contribution in [3.05, 3.63) is 24.2 Å². The largest absolute Gasteiger partial charge is 0.481 e. The maximum absolute atomic E-state index is 10.4. The molecule has 1 unspecified atom stereocenters. The minimum atomic E-state index is -0.988. The predicted molar refractivity (Wildman–Crippen MR) is 51.0 cm³/mol.